The van der Waals surface area contributed by atoms with E-state index >= 15 is 0 Å². The van der Waals surface area contributed by atoms with E-state index in [0.717, 1.165) is 25.9 Å². The van der Waals surface area contributed by atoms with Gasteiger partial charge in [0.2, 0.25) is 0 Å². The van der Waals surface area contributed by atoms with Gasteiger partial charge in [0.25, 0.3) is 0 Å². The minimum Gasteiger partial charge on any atom is -0.329 e. The molecule has 0 radical (unpaired) electrons. The van der Waals surface area contributed by atoms with E-state index in [-0.39, 0.29) is 12.2 Å². The zero-order valence-corrected chi connectivity index (χ0v) is 9.85. The monoisotopic (exact) mass is 204 g/mol. The highest BCUT2D eigenvalue weighted by atomic mass is 19.1. The van der Waals surface area contributed by atoms with E-state index in [9.17, 15) is 4.39 Å². The number of halogens is 1. The zero-order valence-electron chi connectivity index (χ0n) is 9.85. The largest absolute Gasteiger partial charge is 0.329 e. The fourth-order valence-corrected chi connectivity index (χ4v) is 1.67. The van der Waals surface area contributed by atoms with Crippen LogP contribution in [-0.2, 0) is 0 Å². The van der Waals surface area contributed by atoms with Crippen LogP contribution in [0, 0.1) is 0 Å². The van der Waals surface area contributed by atoms with E-state index in [1.165, 1.54) is 0 Å². The van der Waals surface area contributed by atoms with Gasteiger partial charge >= 0.3 is 0 Å². The van der Waals surface area contributed by atoms with E-state index in [0.29, 0.717) is 13.0 Å². The summed E-state index contributed by atoms with van der Waals surface area (Å²) >= 11 is 0. The van der Waals surface area contributed by atoms with Crippen molar-refractivity contribution in [1.29, 1.82) is 0 Å². The lowest BCUT2D eigenvalue weighted by Crippen LogP contribution is -2.52. The maximum Gasteiger partial charge on any atom is 0.0906 e. The van der Waals surface area contributed by atoms with Crippen molar-refractivity contribution < 1.29 is 4.39 Å². The third kappa shape index (κ3) is 3.93. The smallest absolute Gasteiger partial charge is 0.0906 e. The zero-order chi connectivity index (χ0) is 11.0. The molecule has 0 spiro atoms. The van der Waals surface area contributed by atoms with E-state index in [1.54, 1.807) is 0 Å². The first-order chi connectivity index (χ1) is 6.64. The normalized spacial score (nSPS) is 15.9. The van der Waals surface area contributed by atoms with Crippen LogP contribution >= 0.6 is 0 Å². The van der Waals surface area contributed by atoms with Crippen molar-refractivity contribution in [3.8, 4) is 0 Å². The summed E-state index contributed by atoms with van der Waals surface area (Å²) < 4.78 is 12.1. The fraction of sp³-hybridized carbons (Fsp3) is 1.00. The van der Waals surface area contributed by atoms with Crippen molar-refractivity contribution in [3.05, 3.63) is 0 Å². The Kier molecular flexibility index (Phi) is 7.11. The summed E-state index contributed by atoms with van der Waals surface area (Å²) in [5, 5.41) is 0. The Morgan fingerprint density at radius 1 is 1.29 bits per heavy atom. The fourth-order valence-electron chi connectivity index (χ4n) is 1.67. The molecule has 1 atom stereocenters. The molecule has 2 N–H and O–H groups in total. The van der Waals surface area contributed by atoms with Crippen molar-refractivity contribution in [2.45, 2.75) is 45.6 Å². The van der Waals surface area contributed by atoms with E-state index < -0.39 is 0 Å². The highest BCUT2D eigenvalue weighted by molar-refractivity contribution is 4.85. The summed E-state index contributed by atoms with van der Waals surface area (Å²) in [6, 6.07) is 0. The summed E-state index contributed by atoms with van der Waals surface area (Å²) in [5.74, 6) is 0. The molecular formula is C11H25FN2. The number of hydrogen-bond acceptors (Lipinski definition) is 2. The lowest BCUT2D eigenvalue weighted by Gasteiger charge is -2.40. The van der Waals surface area contributed by atoms with Crippen molar-refractivity contribution in [3.63, 3.8) is 0 Å². The van der Waals surface area contributed by atoms with Crippen LogP contribution in [-0.4, -0.2) is 36.7 Å². The molecule has 0 aliphatic rings. The van der Waals surface area contributed by atoms with Crippen LogP contribution in [0.3, 0.4) is 0 Å². The molecule has 0 saturated carbocycles. The number of hydrogen-bond donors (Lipinski definition) is 1. The van der Waals surface area contributed by atoms with Crippen LogP contribution in [0.25, 0.3) is 0 Å². The van der Waals surface area contributed by atoms with Crippen LogP contribution in [0.4, 0.5) is 4.39 Å². The van der Waals surface area contributed by atoms with Gasteiger partial charge in [0.1, 0.15) is 0 Å². The quantitative estimate of drug-likeness (QED) is 0.656. The predicted octanol–water partition coefficient (Wildman–Crippen LogP) is 2.19. The summed E-state index contributed by atoms with van der Waals surface area (Å²) in [7, 11) is 0. The summed E-state index contributed by atoms with van der Waals surface area (Å²) in [4.78, 5) is 2.33. The Hall–Kier alpha value is -0.150. The topological polar surface area (TPSA) is 29.3 Å². The van der Waals surface area contributed by atoms with Gasteiger partial charge in [-0.1, -0.05) is 13.8 Å². The number of rotatable bonds is 8. The second-order valence-corrected chi connectivity index (χ2v) is 4.08. The molecule has 0 fully saturated rings. The molecule has 0 aromatic carbocycles. The van der Waals surface area contributed by atoms with Crippen LogP contribution < -0.4 is 5.73 Å². The molecule has 0 aromatic rings. The molecule has 1 unspecified atom stereocenters. The lowest BCUT2D eigenvalue weighted by atomic mass is 9.96. The third-order valence-electron chi connectivity index (χ3n) is 3.02. The van der Waals surface area contributed by atoms with Gasteiger partial charge in [0.15, 0.2) is 0 Å². The number of nitrogens with zero attached hydrogens (tertiary/aromatic N) is 1. The third-order valence-corrected chi connectivity index (χ3v) is 3.02. The number of nitrogens with two attached hydrogens (primary N) is 1. The maximum atomic E-state index is 12.1. The average molecular weight is 204 g/mol. The molecular weight excluding hydrogens is 179 g/mol. The summed E-state index contributed by atoms with van der Waals surface area (Å²) in [6.45, 7) is 8.72. The lowest BCUT2D eigenvalue weighted by molar-refractivity contribution is 0.101. The maximum absolute atomic E-state index is 12.1. The van der Waals surface area contributed by atoms with Gasteiger partial charge in [-0.2, -0.15) is 0 Å². The second kappa shape index (κ2) is 7.18. The number of alkyl halides is 1. The van der Waals surface area contributed by atoms with Gasteiger partial charge in [-0.25, -0.2) is 0 Å². The van der Waals surface area contributed by atoms with Crippen LogP contribution in [0.5, 0.6) is 0 Å². The Labute approximate surface area is 87.7 Å². The highest BCUT2D eigenvalue weighted by Gasteiger charge is 2.27. The standard InChI is InChI=1S/C11H25FN2/c1-4-8-14(9-6-7-12)11(3,5-2)10-13/h4-10,13H2,1-3H3. The van der Waals surface area contributed by atoms with Crippen molar-refractivity contribution in [2.24, 2.45) is 5.73 Å². The van der Waals surface area contributed by atoms with Crippen molar-refractivity contribution in [1.82, 2.24) is 4.90 Å². The molecule has 0 rings (SSSR count). The van der Waals surface area contributed by atoms with Gasteiger partial charge < -0.3 is 5.73 Å². The molecule has 0 heterocycles. The molecule has 0 aromatic heterocycles. The highest BCUT2D eigenvalue weighted by Crippen LogP contribution is 2.18. The summed E-state index contributed by atoms with van der Waals surface area (Å²) in [6.07, 6.45) is 2.74. The van der Waals surface area contributed by atoms with Gasteiger partial charge in [-0.15, -0.1) is 0 Å². The van der Waals surface area contributed by atoms with Crippen LogP contribution in [0.15, 0.2) is 0 Å². The van der Waals surface area contributed by atoms with Crippen molar-refractivity contribution >= 4 is 0 Å². The van der Waals surface area contributed by atoms with Gasteiger partial charge in [-0.05, 0) is 32.7 Å². The van der Waals surface area contributed by atoms with Gasteiger partial charge in [0.05, 0.1) is 6.67 Å². The first-order valence-corrected chi connectivity index (χ1v) is 5.65. The van der Waals surface area contributed by atoms with E-state index in [1.807, 2.05) is 0 Å². The first kappa shape index (κ1) is 13.8. The van der Waals surface area contributed by atoms with E-state index in [4.69, 9.17) is 5.73 Å². The average Bonchev–Trinajstić information content (AvgIpc) is 2.23. The van der Waals surface area contributed by atoms with Gasteiger partial charge in [0, 0.05) is 18.6 Å². The molecule has 86 valence electrons. The van der Waals surface area contributed by atoms with Crippen LogP contribution in [0.1, 0.15) is 40.0 Å². The Balaban J connectivity index is 4.27. The Bertz CT molecular complexity index is 135. The molecule has 3 heteroatoms. The predicted molar refractivity (Wildman–Crippen MR) is 60.2 cm³/mol. The molecule has 2 nitrogen and oxygen atoms in total. The van der Waals surface area contributed by atoms with Crippen molar-refractivity contribution in [2.75, 3.05) is 26.3 Å². The molecule has 0 bridgehead atoms. The molecule has 14 heavy (non-hydrogen) atoms. The van der Waals surface area contributed by atoms with Gasteiger partial charge in [-0.3, -0.25) is 9.29 Å². The second-order valence-electron chi connectivity index (χ2n) is 4.08. The van der Waals surface area contributed by atoms with E-state index in [2.05, 4.69) is 25.7 Å². The Morgan fingerprint density at radius 3 is 2.29 bits per heavy atom. The first-order valence-electron chi connectivity index (χ1n) is 5.65. The molecule has 0 aliphatic carbocycles. The van der Waals surface area contributed by atoms with Crippen LogP contribution in [0.2, 0.25) is 0 Å². The summed E-state index contributed by atoms with van der Waals surface area (Å²) in [5.41, 5.74) is 5.83. The minimum absolute atomic E-state index is 0.0468. The SMILES string of the molecule is CCCN(CCCF)C(C)(CC)CN. The molecule has 0 amide bonds. The molecule has 0 saturated heterocycles. The minimum atomic E-state index is -0.232. The molecule has 0 aliphatic heterocycles. The Morgan fingerprint density at radius 2 is 1.93 bits per heavy atom.